The quantitative estimate of drug-likeness (QED) is 0.122. The van der Waals surface area contributed by atoms with Gasteiger partial charge in [-0.05, 0) is 124 Å². The van der Waals surface area contributed by atoms with E-state index in [1.54, 1.807) is 0 Å². The minimum absolute atomic E-state index is 0.549. The van der Waals surface area contributed by atoms with Gasteiger partial charge in [0.2, 0.25) is 0 Å². The van der Waals surface area contributed by atoms with Crippen LogP contribution in [0.4, 0.5) is 0 Å². The van der Waals surface area contributed by atoms with Gasteiger partial charge in [-0.25, -0.2) is 0 Å². The fraction of sp³-hybridized carbons (Fsp3) is 0.0508. The maximum absolute atomic E-state index is 5.74. The fourth-order valence-electron chi connectivity index (χ4n) is 8.58. The van der Waals surface area contributed by atoms with Crippen LogP contribution in [-0.2, 0) is 6.54 Å². The van der Waals surface area contributed by atoms with Gasteiger partial charge in [-0.3, -0.25) is 0 Å². The number of fused-ring (bicyclic) bond motifs is 12. The number of rotatable bonds is 3. The van der Waals surface area contributed by atoms with Crippen molar-refractivity contribution in [3.63, 3.8) is 0 Å². The van der Waals surface area contributed by atoms with Gasteiger partial charge in [0.25, 0.3) is 0 Å². The van der Waals surface area contributed by atoms with E-state index in [9.17, 15) is 0 Å². The molecule has 0 fully saturated rings. The lowest BCUT2D eigenvalue weighted by Crippen LogP contribution is -1.94. The number of benzene rings is 10. The molecule has 0 unspecified atom stereocenters. The molecule has 312 valence electrons. The Morgan fingerprint density at radius 1 is 0.406 bits per heavy atom. The molecule has 0 bridgehead atoms. The van der Waals surface area contributed by atoms with Crippen molar-refractivity contribution in [3.8, 4) is 22.3 Å². The van der Waals surface area contributed by atoms with Gasteiger partial charge in [0.15, 0.2) is 0 Å². The summed E-state index contributed by atoms with van der Waals surface area (Å²) < 4.78 is 8.41. The van der Waals surface area contributed by atoms with Gasteiger partial charge in [-0.1, -0.05) is 175 Å². The Morgan fingerprint density at radius 3 is 1.58 bits per heavy atom. The Hall–Kier alpha value is -7.70. The van der Waals surface area contributed by atoms with E-state index < -0.39 is 0 Å². The minimum Gasteiger partial charge on any atom is -0.456 e. The Labute approximate surface area is 377 Å². The molecule has 0 spiro atoms. The van der Waals surface area contributed by atoms with E-state index >= 15 is 0 Å². The number of nitrogens with one attached hydrogen (secondary N) is 2. The zero-order chi connectivity index (χ0) is 44.6. The third-order valence-electron chi connectivity index (χ3n) is 11.5. The maximum Gasteiger partial charge on any atom is 0.135 e. The van der Waals surface area contributed by atoms with Crippen molar-refractivity contribution in [1.29, 1.82) is 10.8 Å². The van der Waals surface area contributed by atoms with Crippen LogP contribution in [0.15, 0.2) is 205 Å². The molecule has 64 heavy (non-hydrogen) atoms. The van der Waals surface area contributed by atoms with Crippen LogP contribution in [0.25, 0.3) is 96.7 Å². The van der Waals surface area contributed by atoms with Crippen molar-refractivity contribution in [3.05, 3.63) is 217 Å². The summed E-state index contributed by atoms with van der Waals surface area (Å²) in [5.74, 6) is 0. The molecule has 4 N–H and O–H groups in total. The van der Waals surface area contributed by atoms with E-state index in [1.807, 2.05) is 59.9 Å². The van der Waals surface area contributed by atoms with Crippen LogP contribution >= 0.6 is 11.3 Å². The molecule has 0 aliphatic rings. The van der Waals surface area contributed by atoms with Gasteiger partial charge in [-0.15, -0.1) is 11.3 Å². The molecule has 12 aromatic rings. The molecule has 5 heteroatoms. The first-order valence-corrected chi connectivity index (χ1v) is 22.0. The van der Waals surface area contributed by atoms with Crippen LogP contribution in [0.5, 0.6) is 0 Å². The van der Waals surface area contributed by atoms with E-state index in [2.05, 4.69) is 179 Å². The monoisotopic (exact) mass is 847 g/mol. The zero-order valence-corrected chi connectivity index (χ0v) is 36.9. The highest BCUT2D eigenvalue weighted by Crippen LogP contribution is 2.43. The smallest absolute Gasteiger partial charge is 0.135 e. The van der Waals surface area contributed by atoms with Crippen LogP contribution in [0, 0.1) is 24.7 Å². The number of aryl methyl sites for hydroxylation is 2. The average Bonchev–Trinajstić information content (AvgIpc) is 3.93. The summed E-state index contributed by atoms with van der Waals surface area (Å²) in [6.45, 7) is 9.80. The number of para-hydroxylation sites is 1. The summed E-state index contributed by atoms with van der Waals surface area (Å²) in [5, 5.41) is 23.9. The van der Waals surface area contributed by atoms with Gasteiger partial charge in [-0.2, -0.15) is 0 Å². The molecule has 10 aromatic carbocycles. The van der Waals surface area contributed by atoms with Gasteiger partial charge in [0, 0.05) is 37.5 Å². The first kappa shape index (κ1) is 43.0. The number of hydrogen-bond acceptors (Lipinski definition) is 5. The largest absolute Gasteiger partial charge is 0.456 e. The normalized spacial score (nSPS) is 10.7. The van der Waals surface area contributed by atoms with Crippen molar-refractivity contribution in [2.45, 2.75) is 20.4 Å². The summed E-state index contributed by atoms with van der Waals surface area (Å²) in [6, 6.07) is 71.6. The van der Waals surface area contributed by atoms with E-state index in [0.29, 0.717) is 6.54 Å². The molecule has 0 atom stereocenters. The average molecular weight is 848 g/mol. The van der Waals surface area contributed by atoms with Crippen LogP contribution in [0.2, 0.25) is 0 Å². The third kappa shape index (κ3) is 8.55. The van der Waals surface area contributed by atoms with Gasteiger partial charge < -0.3 is 21.0 Å². The first-order valence-electron chi connectivity index (χ1n) is 21.2. The highest BCUT2D eigenvalue weighted by molar-refractivity contribution is 7.26. The predicted octanol–water partition coefficient (Wildman–Crippen LogP) is 16.7. The summed E-state index contributed by atoms with van der Waals surface area (Å²) >= 11 is 1.88. The van der Waals surface area contributed by atoms with Crippen molar-refractivity contribution in [2.24, 2.45) is 5.73 Å². The SMILES string of the molecule is C=N.C=N.Cc1cccc(-c2cccc3sc4ccc(-c5ccc6c7ccccc7c7ccccc7c6c5)cc4c23)c1.Cc1ccccc1.NCc1ccc2c(c1)oc1ccccc12. The summed E-state index contributed by atoms with van der Waals surface area (Å²) in [5.41, 5.74) is 16.3. The molecule has 2 heterocycles. The van der Waals surface area contributed by atoms with Crippen molar-refractivity contribution >= 4 is 99.2 Å². The Bertz CT molecular complexity index is 3510. The minimum atomic E-state index is 0.549. The standard InChI is InChI=1S/C37H24S.C13H11NO.C7H8.2CH3N/c1-23-8-6-9-26(20-23)27-14-7-15-36-37(27)34-22-25(17-19-35(34)38-36)24-16-18-32-30-12-3-2-10-28(30)29-11-4-5-13-31(29)33(32)21-24;14-8-9-5-6-11-10-3-1-2-4-12(10)15-13(11)7-9;1-7-5-3-2-4-6-7;2*1-2/h2-22H,1H3;1-7H,8,14H2;2-6H,1H3;2*2H,1H2. The molecule has 12 rings (SSSR count). The third-order valence-corrected chi connectivity index (χ3v) is 12.7. The van der Waals surface area contributed by atoms with Gasteiger partial charge in [0.1, 0.15) is 11.2 Å². The molecular weight excluding hydrogens is 799 g/mol. The number of nitrogens with two attached hydrogens (primary N) is 1. The number of thiophene rings is 1. The first-order chi connectivity index (χ1) is 31.5. The number of hydrogen-bond donors (Lipinski definition) is 3. The molecule has 0 amide bonds. The van der Waals surface area contributed by atoms with Gasteiger partial charge in [0.05, 0.1) is 0 Å². The van der Waals surface area contributed by atoms with E-state index in [4.69, 9.17) is 21.0 Å². The van der Waals surface area contributed by atoms with Crippen LogP contribution in [0.3, 0.4) is 0 Å². The van der Waals surface area contributed by atoms with E-state index in [-0.39, 0.29) is 0 Å². The Balaban J connectivity index is 0.000000176. The Kier molecular flexibility index (Phi) is 13.1. The molecular formula is C59H49N3OS. The lowest BCUT2D eigenvalue weighted by atomic mass is 9.91. The van der Waals surface area contributed by atoms with Crippen LogP contribution < -0.4 is 5.73 Å². The molecule has 0 saturated carbocycles. The molecule has 4 nitrogen and oxygen atoms in total. The van der Waals surface area contributed by atoms with Gasteiger partial charge >= 0.3 is 0 Å². The predicted molar refractivity (Wildman–Crippen MR) is 280 cm³/mol. The second-order valence-corrected chi connectivity index (χ2v) is 16.6. The van der Waals surface area contributed by atoms with Crippen molar-refractivity contribution < 1.29 is 4.42 Å². The molecule has 2 aromatic heterocycles. The lowest BCUT2D eigenvalue weighted by molar-refractivity contribution is 0.668. The highest BCUT2D eigenvalue weighted by atomic mass is 32.1. The number of furan rings is 1. The van der Waals surface area contributed by atoms with Crippen molar-refractivity contribution in [1.82, 2.24) is 0 Å². The molecule has 0 saturated heterocycles. The summed E-state index contributed by atoms with van der Waals surface area (Å²) in [6.07, 6.45) is 0. The highest BCUT2D eigenvalue weighted by Gasteiger charge is 2.14. The topological polar surface area (TPSA) is 86.9 Å². The summed E-state index contributed by atoms with van der Waals surface area (Å²) in [4.78, 5) is 0. The molecule has 0 aliphatic carbocycles. The van der Waals surface area contributed by atoms with E-state index in [1.165, 1.54) is 85.9 Å². The zero-order valence-electron chi connectivity index (χ0n) is 36.1. The van der Waals surface area contributed by atoms with Crippen molar-refractivity contribution in [2.75, 3.05) is 0 Å². The van der Waals surface area contributed by atoms with E-state index in [0.717, 1.165) is 27.5 Å². The maximum atomic E-state index is 5.74. The molecule has 0 radical (unpaired) electrons. The second-order valence-electron chi connectivity index (χ2n) is 15.5. The van der Waals surface area contributed by atoms with Crippen LogP contribution in [-0.4, -0.2) is 13.4 Å². The van der Waals surface area contributed by atoms with Crippen LogP contribution in [0.1, 0.15) is 16.7 Å². The summed E-state index contributed by atoms with van der Waals surface area (Å²) in [7, 11) is 0. The molecule has 0 aliphatic heterocycles. The second kappa shape index (κ2) is 19.6. The fourth-order valence-corrected chi connectivity index (χ4v) is 9.69. The lowest BCUT2D eigenvalue weighted by Gasteiger charge is -2.12. The Morgan fingerprint density at radius 2 is 0.938 bits per heavy atom.